The topological polar surface area (TPSA) is 49.3 Å². The number of carbonyl (C=O) groups excluding carboxylic acids is 1. The number of aliphatic hydroxyl groups excluding tert-OH is 1. The lowest BCUT2D eigenvalue weighted by atomic mass is 10.1. The Labute approximate surface area is 127 Å². The van der Waals surface area contributed by atoms with Crippen LogP contribution in [0, 0.1) is 0 Å². The van der Waals surface area contributed by atoms with E-state index >= 15 is 0 Å². The van der Waals surface area contributed by atoms with E-state index in [0.29, 0.717) is 17.9 Å². The quantitative estimate of drug-likeness (QED) is 0.861. The molecule has 1 heterocycles. The van der Waals surface area contributed by atoms with Gasteiger partial charge in [-0.25, -0.2) is 0 Å². The highest BCUT2D eigenvalue weighted by Gasteiger charge is 2.09. The summed E-state index contributed by atoms with van der Waals surface area (Å²) in [5, 5.41) is 17.0. The van der Waals surface area contributed by atoms with Crippen molar-refractivity contribution in [3.05, 3.63) is 57.2 Å². The van der Waals surface area contributed by atoms with Gasteiger partial charge in [-0.15, -0.1) is 0 Å². The zero-order chi connectivity index (χ0) is 14.4. The number of rotatable bonds is 6. The van der Waals surface area contributed by atoms with Crippen LogP contribution < -0.4 is 5.32 Å². The van der Waals surface area contributed by atoms with Crippen LogP contribution in [0.15, 0.2) is 41.1 Å². The van der Waals surface area contributed by atoms with Crippen molar-refractivity contribution in [2.45, 2.75) is 18.9 Å². The van der Waals surface area contributed by atoms with E-state index in [1.807, 2.05) is 41.1 Å². The van der Waals surface area contributed by atoms with E-state index in [1.54, 1.807) is 0 Å². The monoisotopic (exact) mass is 309 g/mol. The van der Waals surface area contributed by atoms with Gasteiger partial charge in [-0.3, -0.25) is 4.79 Å². The van der Waals surface area contributed by atoms with Crippen molar-refractivity contribution in [3.8, 4) is 0 Å². The van der Waals surface area contributed by atoms with Gasteiger partial charge in [-0.05, 0) is 46.5 Å². The van der Waals surface area contributed by atoms with Crippen LogP contribution in [0.1, 0.15) is 23.7 Å². The van der Waals surface area contributed by atoms with Crippen LogP contribution in [0.25, 0.3) is 0 Å². The molecule has 0 aliphatic carbocycles. The van der Waals surface area contributed by atoms with E-state index in [-0.39, 0.29) is 12.5 Å². The molecule has 1 amide bonds. The fourth-order valence-electron chi connectivity index (χ4n) is 1.83. The molecule has 0 saturated carbocycles. The summed E-state index contributed by atoms with van der Waals surface area (Å²) >= 11 is 7.41. The summed E-state index contributed by atoms with van der Waals surface area (Å²) in [6.45, 7) is 0.241. The maximum atomic E-state index is 11.7. The minimum absolute atomic E-state index is 0.0701. The van der Waals surface area contributed by atoms with Gasteiger partial charge in [0, 0.05) is 18.0 Å². The summed E-state index contributed by atoms with van der Waals surface area (Å²) in [7, 11) is 0. The molecule has 0 fully saturated rings. The summed E-state index contributed by atoms with van der Waals surface area (Å²) in [4.78, 5) is 11.7. The molecule has 1 unspecified atom stereocenters. The van der Waals surface area contributed by atoms with Crippen molar-refractivity contribution in [1.29, 1.82) is 0 Å². The van der Waals surface area contributed by atoms with Gasteiger partial charge < -0.3 is 10.4 Å². The van der Waals surface area contributed by atoms with Gasteiger partial charge >= 0.3 is 0 Å². The first-order chi connectivity index (χ1) is 9.65. The van der Waals surface area contributed by atoms with Gasteiger partial charge in [-0.2, -0.15) is 11.3 Å². The van der Waals surface area contributed by atoms with Crippen molar-refractivity contribution >= 4 is 28.8 Å². The number of aryl methyl sites for hydroxylation is 1. The predicted octanol–water partition coefficient (Wildman–Crippen LogP) is 3.18. The standard InChI is InChI=1S/C15H16ClNO2S/c16-13-3-1-2-11(8-13)4-5-15(19)17-9-14(18)12-6-7-20-10-12/h1-3,6-8,10,14,18H,4-5,9H2,(H,17,19). The molecule has 2 rings (SSSR count). The molecule has 106 valence electrons. The SMILES string of the molecule is O=C(CCc1cccc(Cl)c1)NCC(O)c1ccsc1. The van der Waals surface area contributed by atoms with Crippen LogP contribution in [0.5, 0.6) is 0 Å². The first-order valence-corrected chi connectivity index (χ1v) is 7.68. The van der Waals surface area contributed by atoms with Gasteiger partial charge in [-0.1, -0.05) is 23.7 Å². The molecule has 1 aromatic carbocycles. The summed E-state index contributed by atoms with van der Waals surface area (Å²) in [6, 6.07) is 9.33. The smallest absolute Gasteiger partial charge is 0.220 e. The lowest BCUT2D eigenvalue weighted by Crippen LogP contribution is -2.28. The molecule has 0 saturated heterocycles. The first kappa shape index (κ1) is 15.0. The Morgan fingerprint density at radius 2 is 2.25 bits per heavy atom. The molecule has 0 spiro atoms. The van der Waals surface area contributed by atoms with Crippen molar-refractivity contribution in [2.24, 2.45) is 0 Å². The third-order valence-corrected chi connectivity index (χ3v) is 3.89. The molecular formula is C15H16ClNO2S. The van der Waals surface area contributed by atoms with Crippen LogP contribution in [-0.4, -0.2) is 17.6 Å². The van der Waals surface area contributed by atoms with E-state index in [4.69, 9.17) is 11.6 Å². The minimum atomic E-state index is -0.642. The number of thiophene rings is 1. The second kappa shape index (κ2) is 7.43. The van der Waals surface area contributed by atoms with Crippen molar-refractivity contribution < 1.29 is 9.90 Å². The van der Waals surface area contributed by atoms with E-state index < -0.39 is 6.10 Å². The highest BCUT2D eigenvalue weighted by atomic mass is 35.5. The molecule has 0 aliphatic rings. The van der Waals surface area contributed by atoms with Crippen molar-refractivity contribution in [3.63, 3.8) is 0 Å². The molecule has 0 bridgehead atoms. The van der Waals surface area contributed by atoms with E-state index in [2.05, 4.69) is 5.32 Å². The zero-order valence-corrected chi connectivity index (χ0v) is 12.5. The van der Waals surface area contributed by atoms with Crippen LogP contribution in [0.2, 0.25) is 5.02 Å². The lowest BCUT2D eigenvalue weighted by Gasteiger charge is -2.10. The molecule has 0 radical (unpaired) electrons. The van der Waals surface area contributed by atoms with Crippen molar-refractivity contribution in [1.82, 2.24) is 5.32 Å². The largest absolute Gasteiger partial charge is 0.387 e. The number of hydrogen-bond acceptors (Lipinski definition) is 3. The first-order valence-electron chi connectivity index (χ1n) is 6.36. The van der Waals surface area contributed by atoms with Gasteiger partial charge in [0.1, 0.15) is 0 Å². The van der Waals surface area contributed by atoms with Gasteiger partial charge in [0.05, 0.1) is 6.10 Å². The summed E-state index contributed by atoms with van der Waals surface area (Å²) in [5.74, 6) is -0.0701. The summed E-state index contributed by atoms with van der Waals surface area (Å²) < 4.78 is 0. The molecule has 2 N–H and O–H groups in total. The Morgan fingerprint density at radius 3 is 2.95 bits per heavy atom. The average Bonchev–Trinajstić information content (AvgIpc) is 2.97. The third-order valence-electron chi connectivity index (χ3n) is 2.95. The number of carbonyl (C=O) groups is 1. The number of halogens is 1. The van der Waals surface area contributed by atoms with E-state index in [0.717, 1.165) is 11.1 Å². The van der Waals surface area contributed by atoms with Gasteiger partial charge in [0.15, 0.2) is 0 Å². The number of hydrogen-bond donors (Lipinski definition) is 2. The van der Waals surface area contributed by atoms with Crippen LogP contribution >= 0.6 is 22.9 Å². The maximum absolute atomic E-state index is 11.7. The van der Waals surface area contributed by atoms with Crippen LogP contribution in [0.3, 0.4) is 0 Å². The van der Waals surface area contributed by atoms with Crippen LogP contribution in [0.4, 0.5) is 0 Å². The molecule has 20 heavy (non-hydrogen) atoms. The number of amides is 1. The molecule has 5 heteroatoms. The number of benzene rings is 1. The van der Waals surface area contributed by atoms with E-state index in [1.165, 1.54) is 11.3 Å². The Kier molecular flexibility index (Phi) is 5.59. The molecular weight excluding hydrogens is 294 g/mol. The summed E-state index contributed by atoms with van der Waals surface area (Å²) in [6.07, 6.45) is 0.383. The second-order valence-electron chi connectivity index (χ2n) is 4.51. The molecule has 0 aliphatic heterocycles. The lowest BCUT2D eigenvalue weighted by molar-refractivity contribution is -0.121. The van der Waals surface area contributed by atoms with Gasteiger partial charge in [0.25, 0.3) is 0 Å². The Balaban J connectivity index is 1.73. The highest BCUT2D eigenvalue weighted by molar-refractivity contribution is 7.07. The predicted molar refractivity (Wildman–Crippen MR) is 82.1 cm³/mol. The fourth-order valence-corrected chi connectivity index (χ4v) is 2.75. The Morgan fingerprint density at radius 1 is 1.40 bits per heavy atom. The highest BCUT2D eigenvalue weighted by Crippen LogP contribution is 2.15. The molecule has 1 atom stereocenters. The molecule has 1 aromatic heterocycles. The minimum Gasteiger partial charge on any atom is -0.387 e. The third kappa shape index (κ3) is 4.63. The second-order valence-corrected chi connectivity index (χ2v) is 5.72. The normalized spacial score (nSPS) is 12.1. The van der Waals surface area contributed by atoms with Crippen molar-refractivity contribution in [2.75, 3.05) is 6.54 Å². The number of aliphatic hydroxyl groups is 1. The average molecular weight is 310 g/mol. The fraction of sp³-hybridized carbons (Fsp3) is 0.267. The maximum Gasteiger partial charge on any atom is 0.220 e. The van der Waals surface area contributed by atoms with Crippen LogP contribution in [-0.2, 0) is 11.2 Å². The summed E-state index contributed by atoms with van der Waals surface area (Å²) in [5.41, 5.74) is 1.87. The Bertz CT molecular complexity index is 557. The zero-order valence-electron chi connectivity index (χ0n) is 10.9. The van der Waals surface area contributed by atoms with E-state index in [9.17, 15) is 9.90 Å². The molecule has 2 aromatic rings. The number of nitrogens with one attached hydrogen (secondary N) is 1. The Hall–Kier alpha value is -1.36. The molecule has 3 nitrogen and oxygen atoms in total. The van der Waals surface area contributed by atoms with Gasteiger partial charge in [0.2, 0.25) is 5.91 Å².